The molecule has 0 bridgehead atoms. The van der Waals surface area contributed by atoms with Gasteiger partial charge >= 0.3 is 0 Å². The van der Waals surface area contributed by atoms with Crippen LogP contribution in [0.15, 0.2) is 36.4 Å². The summed E-state index contributed by atoms with van der Waals surface area (Å²) >= 11 is 0. The molecule has 16 heavy (non-hydrogen) atoms. The Morgan fingerprint density at radius 3 is 2.56 bits per heavy atom. The van der Waals surface area contributed by atoms with Crippen molar-refractivity contribution in [2.75, 3.05) is 27.2 Å². The molecule has 0 unspecified atom stereocenters. The van der Waals surface area contributed by atoms with Crippen LogP contribution in [0.25, 0.3) is 0 Å². The Kier molecular flexibility index (Phi) is 5.15. The van der Waals surface area contributed by atoms with Gasteiger partial charge in [-0.15, -0.1) is 0 Å². The molecule has 0 aliphatic heterocycles. The molecular formula is C13H19FN2. The van der Waals surface area contributed by atoms with Gasteiger partial charge in [0, 0.05) is 19.6 Å². The summed E-state index contributed by atoms with van der Waals surface area (Å²) < 4.78 is 12.7. The quantitative estimate of drug-likeness (QED) is 0.741. The van der Waals surface area contributed by atoms with E-state index in [-0.39, 0.29) is 5.82 Å². The second kappa shape index (κ2) is 6.40. The van der Waals surface area contributed by atoms with Gasteiger partial charge in [0.2, 0.25) is 0 Å². The molecular weight excluding hydrogens is 203 g/mol. The number of halogens is 1. The van der Waals surface area contributed by atoms with E-state index in [4.69, 9.17) is 0 Å². The Bertz CT molecular complexity index is 332. The van der Waals surface area contributed by atoms with Crippen LogP contribution in [-0.4, -0.2) is 32.1 Å². The fourth-order valence-corrected chi connectivity index (χ4v) is 1.65. The number of nitrogens with zero attached hydrogens (tertiary/aromatic N) is 1. The van der Waals surface area contributed by atoms with E-state index >= 15 is 0 Å². The number of benzene rings is 1. The summed E-state index contributed by atoms with van der Waals surface area (Å²) in [6.07, 6.45) is 0. The molecule has 0 heterocycles. The van der Waals surface area contributed by atoms with E-state index in [0.717, 1.165) is 30.8 Å². The van der Waals surface area contributed by atoms with Crippen molar-refractivity contribution in [1.82, 2.24) is 10.2 Å². The molecule has 0 aliphatic carbocycles. The van der Waals surface area contributed by atoms with Crippen molar-refractivity contribution in [3.63, 3.8) is 0 Å². The highest BCUT2D eigenvalue weighted by molar-refractivity contribution is 5.16. The summed E-state index contributed by atoms with van der Waals surface area (Å²) in [6.45, 7) is 6.46. The monoisotopic (exact) mass is 222 g/mol. The van der Waals surface area contributed by atoms with Crippen molar-refractivity contribution < 1.29 is 4.39 Å². The molecule has 0 amide bonds. The van der Waals surface area contributed by atoms with Crippen LogP contribution in [0.5, 0.6) is 0 Å². The largest absolute Gasteiger partial charge is 0.316 e. The van der Waals surface area contributed by atoms with E-state index in [1.165, 1.54) is 12.1 Å². The van der Waals surface area contributed by atoms with Gasteiger partial charge in [0.15, 0.2) is 0 Å². The van der Waals surface area contributed by atoms with Gasteiger partial charge in [0.1, 0.15) is 5.82 Å². The summed E-state index contributed by atoms with van der Waals surface area (Å²) in [6, 6.07) is 6.61. The lowest BCUT2D eigenvalue weighted by Crippen LogP contribution is -2.24. The summed E-state index contributed by atoms with van der Waals surface area (Å²) in [5.74, 6) is -0.189. The van der Waals surface area contributed by atoms with E-state index in [1.54, 1.807) is 0 Å². The topological polar surface area (TPSA) is 15.3 Å². The lowest BCUT2D eigenvalue weighted by atomic mass is 10.2. The first kappa shape index (κ1) is 12.9. The number of hydrogen-bond acceptors (Lipinski definition) is 2. The number of nitrogens with one attached hydrogen (secondary N) is 1. The van der Waals surface area contributed by atoms with Gasteiger partial charge in [0.25, 0.3) is 0 Å². The first-order valence-electron chi connectivity index (χ1n) is 5.36. The number of rotatable bonds is 6. The molecule has 1 rings (SSSR count). The maximum atomic E-state index is 12.7. The molecule has 0 atom stereocenters. The highest BCUT2D eigenvalue weighted by atomic mass is 19.1. The number of likely N-dealkylation sites (N-methyl/N-ethyl adjacent to an activating group) is 2. The normalized spacial score (nSPS) is 10.8. The Labute approximate surface area is 96.8 Å². The van der Waals surface area contributed by atoms with E-state index in [0.29, 0.717) is 0 Å². The average Bonchev–Trinajstić information content (AvgIpc) is 2.21. The van der Waals surface area contributed by atoms with Crippen molar-refractivity contribution in [2.24, 2.45) is 0 Å². The standard InChI is InChI=1S/C13H19FN2/c1-11(8-15-2)9-16(3)10-12-4-6-13(14)7-5-12/h4-7,15H,1,8-10H2,2-3H3. The summed E-state index contributed by atoms with van der Waals surface area (Å²) in [5.41, 5.74) is 2.26. The van der Waals surface area contributed by atoms with E-state index in [2.05, 4.69) is 16.8 Å². The molecule has 2 nitrogen and oxygen atoms in total. The average molecular weight is 222 g/mol. The molecule has 0 spiro atoms. The maximum absolute atomic E-state index is 12.7. The van der Waals surface area contributed by atoms with Gasteiger partial charge < -0.3 is 5.32 Å². The van der Waals surface area contributed by atoms with Crippen LogP contribution in [0.1, 0.15) is 5.56 Å². The van der Waals surface area contributed by atoms with Crippen molar-refractivity contribution in [3.8, 4) is 0 Å². The second-order valence-electron chi connectivity index (χ2n) is 4.08. The van der Waals surface area contributed by atoms with Crippen LogP contribution in [0.4, 0.5) is 4.39 Å². The zero-order chi connectivity index (χ0) is 12.0. The van der Waals surface area contributed by atoms with Crippen molar-refractivity contribution in [3.05, 3.63) is 47.8 Å². The minimum absolute atomic E-state index is 0.189. The third-order valence-corrected chi connectivity index (χ3v) is 2.29. The lowest BCUT2D eigenvalue weighted by molar-refractivity contribution is 0.352. The predicted molar refractivity (Wildman–Crippen MR) is 65.8 cm³/mol. The van der Waals surface area contributed by atoms with Crippen LogP contribution in [0.2, 0.25) is 0 Å². The Hall–Kier alpha value is -1.19. The summed E-state index contributed by atoms with van der Waals surface area (Å²) in [5, 5.41) is 3.07. The van der Waals surface area contributed by atoms with E-state index in [9.17, 15) is 4.39 Å². The van der Waals surface area contributed by atoms with Crippen LogP contribution in [0.3, 0.4) is 0 Å². The van der Waals surface area contributed by atoms with Gasteiger partial charge in [0.05, 0.1) is 0 Å². The van der Waals surface area contributed by atoms with Gasteiger partial charge in [-0.1, -0.05) is 18.7 Å². The zero-order valence-corrected chi connectivity index (χ0v) is 9.96. The predicted octanol–water partition coefficient (Wildman–Crippen LogP) is 2.03. The molecule has 88 valence electrons. The third-order valence-electron chi connectivity index (χ3n) is 2.29. The van der Waals surface area contributed by atoms with Crippen LogP contribution in [0, 0.1) is 5.82 Å². The smallest absolute Gasteiger partial charge is 0.123 e. The van der Waals surface area contributed by atoms with Crippen LogP contribution < -0.4 is 5.32 Å². The van der Waals surface area contributed by atoms with Crippen molar-refractivity contribution >= 4 is 0 Å². The van der Waals surface area contributed by atoms with E-state index in [1.807, 2.05) is 26.2 Å². The highest BCUT2D eigenvalue weighted by Gasteiger charge is 2.02. The fourth-order valence-electron chi connectivity index (χ4n) is 1.65. The Morgan fingerprint density at radius 1 is 1.38 bits per heavy atom. The van der Waals surface area contributed by atoms with Crippen molar-refractivity contribution in [2.45, 2.75) is 6.54 Å². The summed E-state index contributed by atoms with van der Waals surface area (Å²) in [7, 11) is 3.94. The van der Waals surface area contributed by atoms with E-state index < -0.39 is 0 Å². The van der Waals surface area contributed by atoms with Gasteiger partial charge in [-0.3, -0.25) is 4.90 Å². The lowest BCUT2D eigenvalue weighted by Gasteiger charge is -2.18. The summed E-state index contributed by atoms with van der Waals surface area (Å²) in [4.78, 5) is 2.16. The van der Waals surface area contributed by atoms with Crippen LogP contribution in [-0.2, 0) is 6.54 Å². The molecule has 0 saturated heterocycles. The van der Waals surface area contributed by atoms with Crippen LogP contribution >= 0.6 is 0 Å². The highest BCUT2D eigenvalue weighted by Crippen LogP contribution is 2.06. The Morgan fingerprint density at radius 2 is 2.00 bits per heavy atom. The molecule has 1 aromatic carbocycles. The molecule has 0 radical (unpaired) electrons. The maximum Gasteiger partial charge on any atom is 0.123 e. The molecule has 1 aromatic rings. The number of hydrogen-bond donors (Lipinski definition) is 1. The molecule has 1 N–H and O–H groups in total. The molecule has 0 fully saturated rings. The fraction of sp³-hybridized carbons (Fsp3) is 0.385. The van der Waals surface area contributed by atoms with Crippen molar-refractivity contribution in [1.29, 1.82) is 0 Å². The van der Waals surface area contributed by atoms with Gasteiger partial charge in [-0.25, -0.2) is 4.39 Å². The molecule has 0 saturated carbocycles. The van der Waals surface area contributed by atoms with Gasteiger partial charge in [-0.05, 0) is 37.4 Å². The minimum atomic E-state index is -0.189. The first-order chi connectivity index (χ1) is 7.61. The second-order valence-corrected chi connectivity index (χ2v) is 4.08. The Balaban J connectivity index is 2.42. The third kappa shape index (κ3) is 4.55. The zero-order valence-electron chi connectivity index (χ0n) is 9.96. The molecule has 0 aliphatic rings. The van der Waals surface area contributed by atoms with Gasteiger partial charge in [-0.2, -0.15) is 0 Å². The molecule has 3 heteroatoms. The minimum Gasteiger partial charge on any atom is -0.316 e. The SMILES string of the molecule is C=C(CNC)CN(C)Cc1ccc(F)cc1. The first-order valence-corrected chi connectivity index (χ1v) is 5.36. The molecule has 0 aromatic heterocycles.